The van der Waals surface area contributed by atoms with Crippen molar-refractivity contribution in [2.45, 2.75) is 0 Å². The van der Waals surface area contributed by atoms with E-state index in [0.29, 0.717) is 33.4 Å². The average Bonchev–Trinajstić information content (AvgIpc) is 3.23. The number of nitrogens with zero attached hydrogens (tertiary/aromatic N) is 2. The summed E-state index contributed by atoms with van der Waals surface area (Å²) >= 11 is 5.90. The van der Waals surface area contributed by atoms with Crippen molar-refractivity contribution in [1.82, 2.24) is 10.1 Å². The van der Waals surface area contributed by atoms with Crippen LogP contribution in [0.5, 0.6) is 5.75 Å². The van der Waals surface area contributed by atoms with Gasteiger partial charge in [-0.3, -0.25) is 4.79 Å². The van der Waals surface area contributed by atoms with Crippen LogP contribution in [0.25, 0.3) is 22.8 Å². The van der Waals surface area contributed by atoms with Crippen LogP contribution in [-0.4, -0.2) is 22.7 Å². The van der Waals surface area contributed by atoms with Crippen LogP contribution in [0.1, 0.15) is 0 Å². The highest BCUT2D eigenvalue weighted by atomic mass is 35.5. The Balaban J connectivity index is 1.42. The van der Waals surface area contributed by atoms with E-state index < -0.39 is 5.82 Å². The molecule has 3 aromatic carbocycles. The fourth-order valence-electron chi connectivity index (χ4n) is 2.72. The fraction of sp³-hybridized carbons (Fsp3) is 0.0455. The lowest BCUT2D eigenvalue weighted by atomic mass is 10.2. The summed E-state index contributed by atoms with van der Waals surface area (Å²) in [6.07, 6.45) is 0. The molecule has 0 radical (unpaired) electrons. The number of rotatable bonds is 6. The number of hydrogen-bond donors (Lipinski definition) is 1. The first-order chi connectivity index (χ1) is 14.6. The Kier molecular flexibility index (Phi) is 5.72. The van der Waals surface area contributed by atoms with Gasteiger partial charge in [0.1, 0.15) is 11.6 Å². The van der Waals surface area contributed by atoms with Gasteiger partial charge in [-0.25, -0.2) is 4.39 Å². The molecule has 0 unspecified atom stereocenters. The van der Waals surface area contributed by atoms with E-state index in [9.17, 15) is 9.18 Å². The smallest absolute Gasteiger partial charge is 0.262 e. The molecule has 0 aliphatic carbocycles. The molecule has 4 aromatic rings. The monoisotopic (exact) mass is 423 g/mol. The molecule has 1 amide bonds. The normalized spacial score (nSPS) is 10.6. The number of carbonyl (C=O) groups excluding carboxylic acids is 1. The molecule has 1 heterocycles. The summed E-state index contributed by atoms with van der Waals surface area (Å²) in [6, 6.07) is 19.7. The first-order valence-corrected chi connectivity index (χ1v) is 9.33. The number of amides is 1. The molecule has 0 atom stereocenters. The zero-order chi connectivity index (χ0) is 20.9. The lowest BCUT2D eigenvalue weighted by Gasteiger charge is -2.08. The molecular weight excluding hydrogens is 409 g/mol. The van der Waals surface area contributed by atoms with Gasteiger partial charge < -0.3 is 14.6 Å². The third-order valence-electron chi connectivity index (χ3n) is 4.07. The summed E-state index contributed by atoms with van der Waals surface area (Å²) in [6.45, 7) is -0.184. The van der Waals surface area contributed by atoms with Gasteiger partial charge in [0.15, 0.2) is 6.61 Å². The minimum Gasteiger partial charge on any atom is -0.484 e. The van der Waals surface area contributed by atoms with Gasteiger partial charge in [0.25, 0.3) is 11.8 Å². The van der Waals surface area contributed by atoms with Gasteiger partial charge in [0.2, 0.25) is 5.82 Å². The molecule has 0 aliphatic heterocycles. The van der Waals surface area contributed by atoms with E-state index in [-0.39, 0.29) is 18.4 Å². The van der Waals surface area contributed by atoms with Crippen LogP contribution in [0.15, 0.2) is 77.3 Å². The van der Waals surface area contributed by atoms with Crippen molar-refractivity contribution in [2.24, 2.45) is 0 Å². The largest absolute Gasteiger partial charge is 0.484 e. The van der Waals surface area contributed by atoms with Crippen LogP contribution < -0.4 is 10.1 Å². The number of anilines is 1. The highest BCUT2D eigenvalue weighted by Crippen LogP contribution is 2.25. The molecule has 1 N–H and O–H groups in total. The molecule has 8 heteroatoms. The van der Waals surface area contributed by atoms with Gasteiger partial charge in [-0.2, -0.15) is 4.98 Å². The van der Waals surface area contributed by atoms with E-state index in [1.165, 1.54) is 12.1 Å². The van der Waals surface area contributed by atoms with E-state index in [1.54, 1.807) is 60.7 Å². The maximum Gasteiger partial charge on any atom is 0.262 e. The topological polar surface area (TPSA) is 77.2 Å². The summed E-state index contributed by atoms with van der Waals surface area (Å²) < 4.78 is 24.2. The van der Waals surface area contributed by atoms with Crippen LogP contribution in [0.2, 0.25) is 5.02 Å². The molecule has 6 nitrogen and oxygen atoms in total. The maximum absolute atomic E-state index is 13.4. The molecule has 0 fully saturated rings. The quantitative estimate of drug-likeness (QED) is 0.460. The Morgan fingerprint density at radius 3 is 2.67 bits per heavy atom. The standard InChI is InChI=1S/C22H15ClFN3O3/c23-16-6-3-8-18(12-16)25-20(28)13-29-19-9-2-4-14(11-19)21-26-22(30-27-21)15-5-1-7-17(24)10-15/h1-12H,13H2,(H,25,28). The summed E-state index contributed by atoms with van der Waals surface area (Å²) in [7, 11) is 0. The zero-order valence-corrected chi connectivity index (χ0v) is 16.3. The molecule has 4 rings (SSSR count). The van der Waals surface area contributed by atoms with Crippen molar-refractivity contribution in [1.29, 1.82) is 0 Å². The predicted molar refractivity (Wildman–Crippen MR) is 111 cm³/mol. The van der Waals surface area contributed by atoms with E-state index in [0.717, 1.165) is 0 Å². The van der Waals surface area contributed by atoms with Gasteiger partial charge in [0.05, 0.1) is 0 Å². The summed E-state index contributed by atoms with van der Waals surface area (Å²) in [4.78, 5) is 16.4. The number of aromatic nitrogens is 2. The molecule has 0 aliphatic rings. The Morgan fingerprint density at radius 1 is 1.03 bits per heavy atom. The van der Waals surface area contributed by atoms with Crippen LogP contribution in [0, 0.1) is 5.82 Å². The number of ether oxygens (including phenoxy) is 1. The second kappa shape index (κ2) is 8.75. The second-order valence-corrected chi connectivity index (χ2v) is 6.74. The van der Waals surface area contributed by atoms with E-state index in [1.807, 2.05) is 0 Å². The van der Waals surface area contributed by atoms with Crippen molar-refractivity contribution in [3.63, 3.8) is 0 Å². The van der Waals surface area contributed by atoms with Gasteiger partial charge in [-0.1, -0.05) is 41.0 Å². The number of nitrogens with one attached hydrogen (secondary N) is 1. The molecule has 0 bridgehead atoms. The SMILES string of the molecule is O=C(COc1cccc(-c2noc(-c3cccc(F)c3)n2)c1)Nc1cccc(Cl)c1. The number of halogens is 2. The summed E-state index contributed by atoms with van der Waals surface area (Å²) in [5.74, 6) is 0.278. The third-order valence-corrected chi connectivity index (χ3v) is 4.30. The van der Waals surface area contributed by atoms with Crippen molar-refractivity contribution in [3.05, 3.63) is 83.6 Å². The Hall–Kier alpha value is -3.71. The molecular formula is C22H15ClFN3O3. The fourth-order valence-corrected chi connectivity index (χ4v) is 2.91. The number of benzene rings is 3. The highest BCUT2D eigenvalue weighted by molar-refractivity contribution is 6.30. The highest BCUT2D eigenvalue weighted by Gasteiger charge is 2.12. The van der Waals surface area contributed by atoms with Crippen LogP contribution in [0.4, 0.5) is 10.1 Å². The minimum absolute atomic E-state index is 0.184. The molecule has 150 valence electrons. The summed E-state index contributed by atoms with van der Waals surface area (Å²) in [5, 5.41) is 7.17. The summed E-state index contributed by atoms with van der Waals surface area (Å²) in [5.41, 5.74) is 1.70. The van der Waals surface area contributed by atoms with Crippen LogP contribution in [-0.2, 0) is 4.79 Å². The number of carbonyl (C=O) groups is 1. The molecule has 0 saturated carbocycles. The molecule has 0 spiro atoms. The first kappa shape index (κ1) is 19.6. The Morgan fingerprint density at radius 2 is 1.83 bits per heavy atom. The lowest BCUT2D eigenvalue weighted by molar-refractivity contribution is -0.118. The first-order valence-electron chi connectivity index (χ1n) is 8.95. The van der Waals surface area contributed by atoms with Gasteiger partial charge >= 0.3 is 0 Å². The van der Waals surface area contributed by atoms with Gasteiger partial charge in [-0.05, 0) is 48.5 Å². The third kappa shape index (κ3) is 4.82. The Bertz CT molecular complexity index is 1200. The van der Waals surface area contributed by atoms with Crippen molar-refractivity contribution in [2.75, 3.05) is 11.9 Å². The molecule has 30 heavy (non-hydrogen) atoms. The van der Waals surface area contributed by atoms with E-state index >= 15 is 0 Å². The van der Waals surface area contributed by atoms with Crippen molar-refractivity contribution in [3.8, 4) is 28.6 Å². The van der Waals surface area contributed by atoms with Gasteiger partial charge in [-0.15, -0.1) is 0 Å². The predicted octanol–water partition coefficient (Wildman–Crippen LogP) is 5.21. The average molecular weight is 424 g/mol. The van der Waals surface area contributed by atoms with Crippen molar-refractivity contribution >= 4 is 23.2 Å². The Labute approximate surface area is 176 Å². The molecule has 0 saturated heterocycles. The van der Waals surface area contributed by atoms with E-state index in [2.05, 4.69) is 15.5 Å². The number of hydrogen-bond acceptors (Lipinski definition) is 5. The van der Waals surface area contributed by atoms with E-state index in [4.69, 9.17) is 20.9 Å². The van der Waals surface area contributed by atoms with Crippen molar-refractivity contribution < 1.29 is 18.4 Å². The van der Waals surface area contributed by atoms with Gasteiger partial charge in [0, 0.05) is 21.8 Å². The maximum atomic E-state index is 13.4. The van der Waals surface area contributed by atoms with Crippen LogP contribution in [0.3, 0.4) is 0 Å². The lowest BCUT2D eigenvalue weighted by Crippen LogP contribution is -2.20. The molecule has 1 aromatic heterocycles. The second-order valence-electron chi connectivity index (χ2n) is 6.31. The van der Waals surface area contributed by atoms with Crippen LogP contribution >= 0.6 is 11.6 Å². The zero-order valence-electron chi connectivity index (χ0n) is 15.5. The minimum atomic E-state index is -0.390.